The lowest BCUT2D eigenvalue weighted by Gasteiger charge is -2.18. The highest BCUT2D eigenvalue weighted by Crippen LogP contribution is 2.21. The minimum atomic E-state index is -0.288. The molecule has 0 spiro atoms. The van der Waals surface area contributed by atoms with E-state index < -0.39 is 0 Å². The van der Waals surface area contributed by atoms with E-state index in [1.807, 2.05) is 6.92 Å². The lowest BCUT2D eigenvalue weighted by molar-refractivity contribution is 0.542. The summed E-state index contributed by atoms with van der Waals surface area (Å²) in [5, 5.41) is 0.535. The zero-order valence-corrected chi connectivity index (χ0v) is 11.5. The average molecular weight is 283 g/mol. The van der Waals surface area contributed by atoms with Crippen LogP contribution in [0.5, 0.6) is 0 Å². The van der Waals surface area contributed by atoms with Crippen molar-refractivity contribution >= 4 is 10.9 Å². The lowest BCUT2D eigenvalue weighted by atomic mass is 10.0. The van der Waals surface area contributed by atoms with E-state index in [0.717, 1.165) is 5.56 Å². The van der Waals surface area contributed by atoms with Gasteiger partial charge in [0.25, 0.3) is 5.56 Å². The van der Waals surface area contributed by atoms with Crippen LogP contribution in [-0.2, 0) is 0 Å². The maximum Gasteiger partial charge on any atom is 0.261 e. The van der Waals surface area contributed by atoms with Crippen LogP contribution in [0.15, 0.2) is 53.8 Å². The van der Waals surface area contributed by atoms with Gasteiger partial charge in [0.1, 0.15) is 5.82 Å². The predicted molar refractivity (Wildman–Crippen MR) is 78.6 cm³/mol. The fraction of sp³-hybridized carbons (Fsp3) is 0.188. The van der Waals surface area contributed by atoms with Gasteiger partial charge in [-0.3, -0.25) is 14.3 Å². The number of halogens is 1. The van der Waals surface area contributed by atoms with Crippen LogP contribution in [0.3, 0.4) is 0 Å². The summed E-state index contributed by atoms with van der Waals surface area (Å²) in [5.41, 5.74) is 1.35. The van der Waals surface area contributed by atoms with E-state index in [0.29, 0.717) is 17.3 Å². The van der Waals surface area contributed by atoms with Gasteiger partial charge in [0, 0.05) is 6.20 Å². The first-order valence-corrected chi connectivity index (χ1v) is 6.77. The van der Waals surface area contributed by atoms with Gasteiger partial charge in [-0.05, 0) is 30.2 Å². The zero-order valence-electron chi connectivity index (χ0n) is 11.5. The van der Waals surface area contributed by atoms with E-state index in [1.54, 1.807) is 35.2 Å². The third-order valence-electron chi connectivity index (χ3n) is 3.56. The van der Waals surface area contributed by atoms with Crippen LogP contribution < -0.4 is 5.56 Å². The first kappa shape index (κ1) is 13.4. The maximum absolute atomic E-state index is 13.1. The average Bonchev–Trinajstić information content (AvgIpc) is 2.52. The largest absolute Gasteiger partial charge is 0.291 e. The highest BCUT2D eigenvalue weighted by atomic mass is 19.1. The number of nitrogens with zero attached hydrogens (tertiary/aromatic N) is 3. The first-order valence-electron chi connectivity index (χ1n) is 6.77. The van der Waals surface area contributed by atoms with Crippen molar-refractivity contribution in [3.05, 3.63) is 70.8 Å². The number of benzene rings is 1. The van der Waals surface area contributed by atoms with E-state index in [4.69, 9.17) is 0 Å². The summed E-state index contributed by atoms with van der Waals surface area (Å²) < 4.78 is 14.6. The van der Waals surface area contributed by atoms with Crippen LogP contribution in [-0.4, -0.2) is 14.5 Å². The van der Waals surface area contributed by atoms with Crippen LogP contribution >= 0.6 is 0 Å². The summed E-state index contributed by atoms with van der Waals surface area (Å²) in [4.78, 5) is 20.8. The van der Waals surface area contributed by atoms with E-state index >= 15 is 0 Å². The zero-order chi connectivity index (χ0) is 14.8. The van der Waals surface area contributed by atoms with Crippen molar-refractivity contribution < 1.29 is 4.39 Å². The molecule has 2 aromatic heterocycles. The third-order valence-corrected chi connectivity index (χ3v) is 3.56. The minimum absolute atomic E-state index is 0.112. The molecule has 3 aromatic rings. The molecule has 0 saturated carbocycles. The molecule has 0 saturated heterocycles. The summed E-state index contributed by atoms with van der Waals surface area (Å²) in [6, 6.07) is 7.71. The van der Waals surface area contributed by atoms with Gasteiger partial charge in [0.05, 0.1) is 29.5 Å². The maximum atomic E-state index is 13.1. The number of hydrogen-bond donors (Lipinski definition) is 0. The molecule has 0 radical (unpaired) electrons. The molecule has 4 nitrogen and oxygen atoms in total. The molecule has 3 rings (SSSR count). The highest BCUT2D eigenvalue weighted by Gasteiger charge is 2.15. The molecule has 0 aliphatic heterocycles. The molecule has 0 fully saturated rings. The van der Waals surface area contributed by atoms with Crippen LogP contribution in [0.1, 0.15) is 24.9 Å². The molecule has 0 aliphatic rings. The summed E-state index contributed by atoms with van der Waals surface area (Å²) in [5.74, 6) is -0.288. The Morgan fingerprint density at radius 1 is 1.24 bits per heavy atom. The van der Waals surface area contributed by atoms with Gasteiger partial charge < -0.3 is 0 Å². The number of fused-ring (bicyclic) bond motifs is 1. The SMILES string of the molecule is CC[C@H](c1ccc(F)cc1)n1cnc2cnccc2c1=O. The Labute approximate surface area is 120 Å². The number of aromatic nitrogens is 3. The van der Waals surface area contributed by atoms with Gasteiger partial charge in [0.15, 0.2) is 0 Å². The Morgan fingerprint density at radius 2 is 2.00 bits per heavy atom. The number of pyridine rings is 1. The van der Waals surface area contributed by atoms with Gasteiger partial charge >= 0.3 is 0 Å². The number of rotatable bonds is 3. The molecule has 2 heterocycles. The van der Waals surface area contributed by atoms with Gasteiger partial charge in [-0.15, -0.1) is 0 Å². The molecule has 0 bridgehead atoms. The normalized spacial score (nSPS) is 12.5. The molecule has 0 aliphatic carbocycles. The fourth-order valence-corrected chi connectivity index (χ4v) is 2.49. The standard InChI is InChI=1S/C16H14FN3O/c1-2-15(11-3-5-12(17)6-4-11)20-10-19-14-9-18-8-7-13(14)16(20)21/h3-10,15H,2H2,1H3/t15-/m1/s1. The Kier molecular flexibility index (Phi) is 3.48. The molecule has 5 heteroatoms. The molecule has 0 unspecified atom stereocenters. The smallest absolute Gasteiger partial charge is 0.261 e. The molecule has 0 amide bonds. The molecular formula is C16H14FN3O. The van der Waals surface area contributed by atoms with E-state index in [1.165, 1.54) is 18.5 Å². The summed E-state index contributed by atoms with van der Waals surface area (Å²) >= 11 is 0. The van der Waals surface area contributed by atoms with Crippen molar-refractivity contribution in [2.24, 2.45) is 0 Å². The monoisotopic (exact) mass is 283 g/mol. The molecular weight excluding hydrogens is 269 g/mol. The molecule has 1 aromatic carbocycles. The Hall–Kier alpha value is -2.56. The predicted octanol–water partition coefficient (Wildman–Crippen LogP) is 2.93. The van der Waals surface area contributed by atoms with E-state index in [9.17, 15) is 9.18 Å². The van der Waals surface area contributed by atoms with Crippen molar-refractivity contribution in [1.29, 1.82) is 0 Å². The second kappa shape index (κ2) is 5.44. The second-order valence-electron chi connectivity index (χ2n) is 4.83. The van der Waals surface area contributed by atoms with Gasteiger partial charge in [-0.1, -0.05) is 19.1 Å². The molecule has 1 atom stereocenters. The van der Waals surface area contributed by atoms with Crippen molar-refractivity contribution in [2.45, 2.75) is 19.4 Å². The van der Waals surface area contributed by atoms with E-state index in [2.05, 4.69) is 9.97 Å². The quantitative estimate of drug-likeness (QED) is 0.742. The van der Waals surface area contributed by atoms with Crippen molar-refractivity contribution in [1.82, 2.24) is 14.5 Å². The summed E-state index contributed by atoms with van der Waals surface area (Å²) in [6.45, 7) is 1.98. The summed E-state index contributed by atoms with van der Waals surface area (Å²) in [6.07, 6.45) is 5.39. The Morgan fingerprint density at radius 3 is 2.71 bits per heavy atom. The van der Waals surface area contributed by atoms with Crippen molar-refractivity contribution in [2.75, 3.05) is 0 Å². The Bertz CT molecular complexity index is 827. The van der Waals surface area contributed by atoms with Crippen LogP contribution in [0, 0.1) is 5.82 Å². The topological polar surface area (TPSA) is 47.8 Å². The van der Waals surface area contributed by atoms with Crippen LogP contribution in [0.4, 0.5) is 4.39 Å². The van der Waals surface area contributed by atoms with Crippen molar-refractivity contribution in [3.63, 3.8) is 0 Å². The minimum Gasteiger partial charge on any atom is -0.291 e. The Balaban J connectivity index is 2.15. The van der Waals surface area contributed by atoms with Crippen LogP contribution in [0.2, 0.25) is 0 Å². The fourth-order valence-electron chi connectivity index (χ4n) is 2.49. The summed E-state index contributed by atoms with van der Waals surface area (Å²) in [7, 11) is 0. The highest BCUT2D eigenvalue weighted by molar-refractivity contribution is 5.75. The molecule has 21 heavy (non-hydrogen) atoms. The van der Waals surface area contributed by atoms with Gasteiger partial charge in [-0.2, -0.15) is 0 Å². The first-order chi connectivity index (χ1) is 10.2. The molecule has 106 valence electrons. The third kappa shape index (κ3) is 2.42. The molecule has 0 N–H and O–H groups in total. The second-order valence-corrected chi connectivity index (χ2v) is 4.83. The van der Waals surface area contributed by atoms with E-state index in [-0.39, 0.29) is 17.4 Å². The number of hydrogen-bond acceptors (Lipinski definition) is 3. The van der Waals surface area contributed by atoms with Crippen molar-refractivity contribution in [3.8, 4) is 0 Å². The lowest BCUT2D eigenvalue weighted by Crippen LogP contribution is -2.25. The van der Waals surface area contributed by atoms with Gasteiger partial charge in [-0.25, -0.2) is 9.37 Å². The van der Waals surface area contributed by atoms with Crippen LogP contribution in [0.25, 0.3) is 10.9 Å². The van der Waals surface area contributed by atoms with Gasteiger partial charge in [0.2, 0.25) is 0 Å².